The Morgan fingerprint density at radius 2 is 2.40 bits per heavy atom. The van der Waals surface area contributed by atoms with Gasteiger partial charge < -0.3 is 15.2 Å². The number of thiophene rings is 1. The maximum absolute atomic E-state index is 12.6. The fourth-order valence-electron chi connectivity index (χ4n) is 2.21. The highest BCUT2D eigenvalue weighted by atomic mass is 32.1. The van der Waals surface area contributed by atoms with Crippen molar-refractivity contribution in [1.29, 1.82) is 0 Å². The first-order chi connectivity index (χ1) is 9.78. The number of imidazole rings is 1. The van der Waals surface area contributed by atoms with Crippen molar-refractivity contribution < 1.29 is 4.79 Å². The average Bonchev–Trinajstić information content (AvgIpc) is 2.97. The van der Waals surface area contributed by atoms with Crippen LogP contribution >= 0.6 is 11.3 Å². The third-order valence-corrected chi connectivity index (χ3v) is 4.26. The van der Waals surface area contributed by atoms with Gasteiger partial charge in [-0.1, -0.05) is 6.07 Å². The number of aromatic nitrogens is 2. The Hall–Kier alpha value is -1.66. The first-order valence-electron chi connectivity index (χ1n) is 6.83. The molecule has 0 atom stereocenters. The van der Waals surface area contributed by atoms with Crippen LogP contribution in [-0.2, 0) is 13.1 Å². The normalized spacial score (nSPS) is 14.4. The van der Waals surface area contributed by atoms with Gasteiger partial charge in [0.1, 0.15) is 5.69 Å². The third-order valence-electron chi connectivity index (χ3n) is 3.39. The van der Waals surface area contributed by atoms with Gasteiger partial charge in [0.2, 0.25) is 0 Å². The van der Waals surface area contributed by atoms with E-state index in [-0.39, 0.29) is 5.91 Å². The van der Waals surface area contributed by atoms with Crippen LogP contribution in [0.1, 0.15) is 28.2 Å². The summed E-state index contributed by atoms with van der Waals surface area (Å²) in [6, 6.07) is 4.47. The molecule has 1 aliphatic rings. The Balaban J connectivity index is 1.74. The fourth-order valence-corrected chi connectivity index (χ4v) is 2.92. The van der Waals surface area contributed by atoms with E-state index in [0.717, 1.165) is 12.8 Å². The summed E-state index contributed by atoms with van der Waals surface area (Å²) in [7, 11) is 0. The molecule has 1 amide bonds. The van der Waals surface area contributed by atoms with Crippen molar-refractivity contribution in [1.82, 2.24) is 14.5 Å². The van der Waals surface area contributed by atoms with Gasteiger partial charge in [0.25, 0.3) is 5.91 Å². The Morgan fingerprint density at radius 3 is 3.05 bits per heavy atom. The van der Waals surface area contributed by atoms with Gasteiger partial charge in [-0.15, -0.1) is 11.3 Å². The second-order valence-electron chi connectivity index (χ2n) is 5.03. The molecule has 0 aromatic carbocycles. The summed E-state index contributed by atoms with van der Waals surface area (Å²) >= 11 is 1.69. The van der Waals surface area contributed by atoms with E-state index >= 15 is 0 Å². The van der Waals surface area contributed by atoms with E-state index in [0.29, 0.717) is 31.4 Å². The first-order valence-corrected chi connectivity index (χ1v) is 7.71. The highest BCUT2D eigenvalue weighted by Gasteiger charge is 2.34. The van der Waals surface area contributed by atoms with Crippen LogP contribution in [0, 0.1) is 0 Å². The minimum atomic E-state index is 0.0247. The number of hydrogen-bond acceptors (Lipinski definition) is 4. The van der Waals surface area contributed by atoms with Crippen LogP contribution in [0.15, 0.2) is 30.0 Å². The molecule has 2 aromatic rings. The summed E-state index contributed by atoms with van der Waals surface area (Å²) in [5.41, 5.74) is 6.03. The molecule has 6 heteroatoms. The predicted octanol–water partition coefficient (Wildman–Crippen LogP) is 1.71. The van der Waals surface area contributed by atoms with E-state index in [1.54, 1.807) is 23.9 Å². The molecule has 3 rings (SSSR count). The monoisotopic (exact) mass is 290 g/mol. The summed E-state index contributed by atoms with van der Waals surface area (Å²) in [6.45, 7) is 1.92. The lowest BCUT2D eigenvalue weighted by molar-refractivity contribution is 0.0726. The number of nitrogens with zero attached hydrogens (tertiary/aromatic N) is 3. The lowest BCUT2D eigenvalue weighted by Gasteiger charge is -2.20. The number of hydrogen-bond donors (Lipinski definition) is 1. The molecule has 0 unspecified atom stereocenters. The molecule has 20 heavy (non-hydrogen) atoms. The van der Waals surface area contributed by atoms with E-state index in [9.17, 15) is 4.79 Å². The number of amides is 1. The summed E-state index contributed by atoms with van der Waals surface area (Å²) in [6.07, 6.45) is 5.66. The Kier molecular flexibility index (Phi) is 3.84. The Labute approximate surface area is 122 Å². The minimum Gasteiger partial charge on any atom is -0.335 e. The molecular formula is C14H18N4OS. The number of rotatable bonds is 6. The highest BCUT2D eigenvalue weighted by molar-refractivity contribution is 7.09. The molecule has 1 aliphatic carbocycles. The third kappa shape index (κ3) is 2.91. The van der Waals surface area contributed by atoms with Crippen LogP contribution in [-0.4, -0.2) is 32.9 Å². The summed E-state index contributed by atoms with van der Waals surface area (Å²) in [5, 5.41) is 2.04. The topological polar surface area (TPSA) is 64.2 Å². The molecule has 0 radical (unpaired) electrons. The van der Waals surface area contributed by atoms with Crippen LogP contribution in [0.25, 0.3) is 0 Å². The van der Waals surface area contributed by atoms with E-state index in [1.807, 2.05) is 20.9 Å². The SMILES string of the molecule is NCCn1cnc(C(=O)N(Cc2cccs2)C2CC2)c1. The number of nitrogens with two attached hydrogens (primary N) is 1. The van der Waals surface area contributed by atoms with E-state index in [4.69, 9.17) is 5.73 Å². The fraction of sp³-hybridized carbons (Fsp3) is 0.429. The van der Waals surface area contributed by atoms with Gasteiger partial charge in [0, 0.05) is 30.2 Å². The van der Waals surface area contributed by atoms with E-state index < -0.39 is 0 Å². The van der Waals surface area contributed by atoms with Crippen LogP contribution in [0.4, 0.5) is 0 Å². The first kappa shape index (κ1) is 13.3. The molecule has 0 bridgehead atoms. The van der Waals surface area contributed by atoms with Gasteiger partial charge in [0.05, 0.1) is 12.9 Å². The molecule has 1 fully saturated rings. The molecular weight excluding hydrogens is 272 g/mol. The van der Waals surface area contributed by atoms with Gasteiger partial charge in [-0.05, 0) is 24.3 Å². The van der Waals surface area contributed by atoms with Crippen molar-refractivity contribution >= 4 is 17.2 Å². The van der Waals surface area contributed by atoms with E-state index in [2.05, 4.69) is 11.1 Å². The largest absolute Gasteiger partial charge is 0.335 e. The molecule has 2 heterocycles. The molecule has 0 saturated heterocycles. The van der Waals surface area contributed by atoms with Crippen molar-refractivity contribution in [2.24, 2.45) is 5.73 Å². The van der Waals surface area contributed by atoms with Crippen LogP contribution < -0.4 is 5.73 Å². The van der Waals surface area contributed by atoms with Gasteiger partial charge in [0.15, 0.2) is 0 Å². The lowest BCUT2D eigenvalue weighted by atomic mass is 10.3. The maximum atomic E-state index is 12.6. The Bertz CT molecular complexity index is 574. The molecule has 0 aliphatic heterocycles. The zero-order chi connectivity index (χ0) is 13.9. The van der Waals surface area contributed by atoms with Crippen molar-refractivity contribution in [2.75, 3.05) is 6.54 Å². The molecule has 2 aromatic heterocycles. The summed E-state index contributed by atoms with van der Waals surface area (Å²) in [4.78, 5) is 20.0. The smallest absolute Gasteiger partial charge is 0.274 e. The number of carbonyl (C=O) groups excluding carboxylic acids is 1. The lowest BCUT2D eigenvalue weighted by Crippen LogP contribution is -2.32. The molecule has 2 N–H and O–H groups in total. The van der Waals surface area contributed by atoms with Crippen molar-refractivity contribution in [3.8, 4) is 0 Å². The van der Waals surface area contributed by atoms with Crippen LogP contribution in [0.2, 0.25) is 0 Å². The molecule has 106 valence electrons. The van der Waals surface area contributed by atoms with Crippen LogP contribution in [0.3, 0.4) is 0 Å². The Morgan fingerprint density at radius 1 is 1.55 bits per heavy atom. The van der Waals surface area contributed by atoms with Gasteiger partial charge in [-0.2, -0.15) is 0 Å². The highest BCUT2D eigenvalue weighted by Crippen LogP contribution is 2.30. The maximum Gasteiger partial charge on any atom is 0.274 e. The van der Waals surface area contributed by atoms with E-state index in [1.165, 1.54) is 4.88 Å². The van der Waals surface area contributed by atoms with Crippen molar-refractivity contribution in [2.45, 2.75) is 32.0 Å². The summed E-state index contributed by atoms with van der Waals surface area (Å²) < 4.78 is 1.86. The second kappa shape index (κ2) is 5.76. The molecule has 5 nitrogen and oxygen atoms in total. The van der Waals surface area contributed by atoms with Gasteiger partial charge in [-0.3, -0.25) is 4.79 Å². The summed E-state index contributed by atoms with van der Waals surface area (Å²) in [5.74, 6) is 0.0247. The van der Waals surface area contributed by atoms with Crippen molar-refractivity contribution in [3.05, 3.63) is 40.6 Å². The van der Waals surface area contributed by atoms with Gasteiger partial charge >= 0.3 is 0 Å². The zero-order valence-corrected chi connectivity index (χ0v) is 12.1. The second-order valence-corrected chi connectivity index (χ2v) is 6.06. The minimum absolute atomic E-state index is 0.0247. The van der Waals surface area contributed by atoms with Gasteiger partial charge in [-0.25, -0.2) is 4.98 Å². The standard InChI is InChI=1S/C14H18N4OS/c15-5-6-17-9-13(16-10-17)14(19)18(11-3-4-11)8-12-2-1-7-20-12/h1-2,7,9-11H,3-6,8,15H2. The predicted molar refractivity (Wildman–Crippen MR) is 78.5 cm³/mol. The zero-order valence-electron chi connectivity index (χ0n) is 11.2. The molecule has 0 spiro atoms. The van der Waals surface area contributed by atoms with Crippen molar-refractivity contribution in [3.63, 3.8) is 0 Å². The quantitative estimate of drug-likeness (QED) is 0.881. The molecule has 1 saturated carbocycles. The van der Waals surface area contributed by atoms with Crippen LogP contribution in [0.5, 0.6) is 0 Å². The number of carbonyl (C=O) groups is 1. The average molecular weight is 290 g/mol.